The first-order chi connectivity index (χ1) is 8.21. The van der Waals surface area contributed by atoms with Gasteiger partial charge < -0.3 is 10.3 Å². The number of anilines is 1. The van der Waals surface area contributed by atoms with E-state index >= 15 is 0 Å². The topological polar surface area (TPSA) is 61.7 Å². The highest BCUT2D eigenvalue weighted by molar-refractivity contribution is 5.69. The number of imidazole rings is 1. The average Bonchev–Trinajstić information content (AvgIpc) is 2.92. The van der Waals surface area contributed by atoms with E-state index in [1.165, 1.54) is 0 Å². The summed E-state index contributed by atoms with van der Waals surface area (Å²) in [5.41, 5.74) is 7.98. The number of hydrogen-bond donors (Lipinski definition) is 1. The Bertz CT molecular complexity index is 509. The molecule has 0 unspecified atom stereocenters. The monoisotopic (exact) mass is 233 g/mol. The van der Waals surface area contributed by atoms with Gasteiger partial charge in [-0.05, 0) is 13.8 Å². The zero-order chi connectivity index (χ0) is 12.4. The van der Waals surface area contributed by atoms with Crippen LogP contribution in [-0.2, 0) is 19.5 Å². The molecule has 2 N–H and O–H groups in total. The highest BCUT2D eigenvalue weighted by atomic mass is 15.3. The second-order valence-corrected chi connectivity index (χ2v) is 3.94. The number of nitrogens with two attached hydrogens (primary N) is 1. The van der Waals surface area contributed by atoms with Crippen LogP contribution in [0.25, 0.3) is 11.3 Å². The highest BCUT2D eigenvalue weighted by Crippen LogP contribution is 2.26. The maximum atomic E-state index is 6.14. The molecule has 2 aromatic rings. The standard InChI is InChI=1S/C12H19N5/c1-4-10-15-11(12(13)17(10)6-3)9-7-14-16(5-2)8-9/h7-8H,4-6,13H2,1-3H3. The fourth-order valence-electron chi connectivity index (χ4n) is 2.01. The summed E-state index contributed by atoms with van der Waals surface area (Å²) in [7, 11) is 0. The van der Waals surface area contributed by atoms with Crippen LogP contribution in [0.4, 0.5) is 5.82 Å². The Kier molecular flexibility index (Phi) is 3.17. The molecule has 0 radical (unpaired) electrons. The number of rotatable bonds is 4. The molecule has 2 rings (SSSR count). The maximum Gasteiger partial charge on any atom is 0.131 e. The molecule has 5 nitrogen and oxygen atoms in total. The van der Waals surface area contributed by atoms with Crippen LogP contribution in [0.2, 0.25) is 0 Å². The predicted octanol–water partition coefficient (Wildman–Crippen LogP) is 1.93. The summed E-state index contributed by atoms with van der Waals surface area (Å²) in [6.45, 7) is 7.94. The van der Waals surface area contributed by atoms with Gasteiger partial charge in [0.15, 0.2) is 0 Å². The van der Waals surface area contributed by atoms with Gasteiger partial charge in [0, 0.05) is 31.3 Å². The summed E-state index contributed by atoms with van der Waals surface area (Å²) in [5.74, 6) is 1.77. The Balaban J connectivity index is 2.48. The van der Waals surface area contributed by atoms with Gasteiger partial charge in [-0.1, -0.05) is 6.92 Å². The van der Waals surface area contributed by atoms with E-state index in [1.807, 2.05) is 17.1 Å². The largest absolute Gasteiger partial charge is 0.383 e. The van der Waals surface area contributed by atoms with Crippen LogP contribution in [0.1, 0.15) is 26.6 Å². The van der Waals surface area contributed by atoms with Crippen LogP contribution in [-0.4, -0.2) is 19.3 Å². The lowest BCUT2D eigenvalue weighted by molar-refractivity contribution is 0.660. The lowest BCUT2D eigenvalue weighted by Gasteiger charge is -2.03. The third-order valence-electron chi connectivity index (χ3n) is 2.95. The van der Waals surface area contributed by atoms with Gasteiger partial charge in [0.1, 0.15) is 17.3 Å². The predicted molar refractivity (Wildman–Crippen MR) is 68.6 cm³/mol. The molecule has 0 amide bonds. The van der Waals surface area contributed by atoms with Crippen LogP contribution in [0.5, 0.6) is 0 Å². The summed E-state index contributed by atoms with van der Waals surface area (Å²) in [6.07, 6.45) is 4.69. The molecule has 0 aliphatic carbocycles. The molecule has 0 bridgehead atoms. The molecule has 2 aromatic heterocycles. The fourth-order valence-corrected chi connectivity index (χ4v) is 2.01. The molecule has 0 aliphatic heterocycles. The van der Waals surface area contributed by atoms with E-state index in [0.29, 0.717) is 0 Å². The van der Waals surface area contributed by atoms with E-state index in [2.05, 4.69) is 35.4 Å². The lowest BCUT2D eigenvalue weighted by atomic mass is 10.2. The van der Waals surface area contributed by atoms with Crippen molar-refractivity contribution in [3.05, 3.63) is 18.2 Å². The Morgan fingerprint density at radius 1 is 1.24 bits per heavy atom. The number of nitrogens with zero attached hydrogens (tertiary/aromatic N) is 4. The molecule has 0 aliphatic rings. The van der Waals surface area contributed by atoms with Crippen molar-refractivity contribution in [1.82, 2.24) is 19.3 Å². The van der Waals surface area contributed by atoms with Crippen LogP contribution in [0.15, 0.2) is 12.4 Å². The normalized spacial score (nSPS) is 11.0. The second kappa shape index (κ2) is 4.61. The first kappa shape index (κ1) is 11.7. The van der Waals surface area contributed by atoms with Gasteiger partial charge in [-0.25, -0.2) is 4.98 Å². The third kappa shape index (κ3) is 1.92. The van der Waals surface area contributed by atoms with Gasteiger partial charge in [-0.15, -0.1) is 0 Å². The summed E-state index contributed by atoms with van der Waals surface area (Å²) in [4.78, 5) is 4.60. The van der Waals surface area contributed by atoms with E-state index in [1.54, 1.807) is 0 Å². The minimum Gasteiger partial charge on any atom is -0.383 e. The molecular weight excluding hydrogens is 214 g/mol. The Morgan fingerprint density at radius 2 is 2.00 bits per heavy atom. The number of aryl methyl sites for hydroxylation is 2. The molecule has 2 heterocycles. The van der Waals surface area contributed by atoms with Crippen molar-refractivity contribution < 1.29 is 0 Å². The smallest absolute Gasteiger partial charge is 0.131 e. The Morgan fingerprint density at radius 3 is 2.47 bits per heavy atom. The lowest BCUT2D eigenvalue weighted by Crippen LogP contribution is -2.04. The van der Waals surface area contributed by atoms with Crippen LogP contribution < -0.4 is 5.73 Å². The van der Waals surface area contributed by atoms with Gasteiger partial charge in [0.2, 0.25) is 0 Å². The summed E-state index contributed by atoms with van der Waals surface area (Å²) in [5, 5.41) is 4.25. The van der Waals surface area contributed by atoms with Gasteiger partial charge >= 0.3 is 0 Å². The zero-order valence-corrected chi connectivity index (χ0v) is 10.6. The van der Waals surface area contributed by atoms with Crippen molar-refractivity contribution in [2.75, 3.05) is 5.73 Å². The first-order valence-electron chi connectivity index (χ1n) is 6.08. The van der Waals surface area contributed by atoms with E-state index in [-0.39, 0.29) is 0 Å². The highest BCUT2D eigenvalue weighted by Gasteiger charge is 2.15. The molecule has 5 heteroatoms. The number of nitrogen functional groups attached to an aromatic ring is 1. The SMILES string of the molecule is CCc1nc(-c2cnn(CC)c2)c(N)n1CC. The van der Waals surface area contributed by atoms with Crippen molar-refractivity contribution in [3.63, 3.8) is 0 Å². The maximum absolute atomic E-state index is 6.14. The van der Waals surface area contributed by atoms with Crippen molar-refractivity contribution in [2.24, 2.45) is 0 Å². The number of hydrogen-bond acceptors (Lipinski definition) is 3. The minimum absolute atomic E-state index is 0.736. The number of aromatic nitrogens is 4. The molecule has 0 spiro atoms. The van der Waals surface area contributed by atoms with Crippen LogP contribution in [0, 0.1) is 0 Å². The van der Waals surface area contributed by atoms with Gasteiger partial charge in [-0.3, -0.25) is 4.68 Å². The molecule has 17 heavy (non-hydrogen) atoms. The van der Waals surface area contributed by atoms with E-state index in [9.17, 15) is 0 Å². The molecule has 0 saturated heterocycles. The minimum atomic E-state index is 0.736. The van der Waals surface area contributed by atoms with Crippen molar-refractivity contribution in [3.8, 4) is 11.3 Å². The molecule has 0 aromatic carbocycles. The molecule has 0 fully saturated rings. The molecule has 0 atom stereocenters. The van der Waals surface area contributed by atoms with Crippen molar-refractivity contribution in [1.29, 1.82) is 0 Å². The van der Waals surface area contributed by atoms with Crippen LogP contribution in [0.3, 0.4) is 0 Å². The summed E-state index contributed by atoms with van der Waals surface area (Å²) < 4.78 is 3.93. The van der Waals surface area contributed by atoms with Crippen molar-refractivity contribution >= 4 is 5.82 Å². The van der Waals surface area contributed by atoms with Crippen LogP contribution >= 0.6 is 0 Å². The Hall–Kier alpha value is -1.78. The summed E-state index contributed by atoms with van der Waals surface area (Å²) in [6, 6.07) is 0. The zero-order valence-electron chi connectivity index (χ0n) is 10.6. The van der Waals surface area contributed by atoms with E-state index < -0.39 is 0 Å². The molecule has 0 saturated carbocycles. The third-order valence-corrected chi connectivity index (χ3v) is 2.95. The molecular formula is C12H19N5. The summed E-state index contributed by atoms with van der Waals surface area (Å²) >= 11 is 0. The van der Waals surface area contributed by atoms with Gasteiger partial charge in [-0.2, -0.15) is 5.10 Å². The molecule has 92 valence electrons. The van der Waals surface area contributed by atoms with Gasteiger partial charge in [0.25, 0.3) is 0 Å². The van der Waals surface area contributed by atoms with E-state index in [4.69, 9.17) is 5.73 Å². The quantitative estimate of drug-likeness (QED) is 0.877. The second-order valence-electron chi connectivity index (χ2n) is 3.94. The van der Waals surface area contributed by atoms with Gasteiger partial charge in [0.05, 0.1) is 6.20 Å². The van der Waals surface area contributed by atoms with Crippen molar-refractivity contribution in [2.45, 2.75) is 40.3 Å². The Labute approximate surface area is 101 Å². The first-order valence-corrected chi connectivity index (χ1v) is 6.08. The average molecular weight is 233 g/mol. The van der Waals surface area contributed by atoms with E-state index in [0.717, 1.165) is 42.4 Å². The fraction of sp³-hybridized carbons (Fsp3) is 0.500.